The fourth-order valence-electron chi connectivity index (χ4n) is 0.0587. The van der Waals surface area contributed by atoms with Crippen LogP contribution < -0.4 is 34.7 Å². The van der Waals surface area contributed by atoms with Gasteiger partial charge in [-0.1, -0.05) is 0 Å². The SMILES string of the molecule is CC1([O-])OO1.[Fe].[Na+]. The van der Waals surface area contributed by atoms with Gasteiger partial charge in [-0.2, -0.15) is 0 Å². The third-order valence-corrected chi connectivity index (χ3v) is 0.318. The fourth-order valence-corrected chi connectivity index (χ4v) is 0.0587. The maximum atomic E-state index is 9.77. The molecule has 1 aliphatic rings. The zero-order chi connectivity index (χ0) is 3.91. The number of hydrogen-bond donors (Lipinski definition) is 0. The smallest absolute Gasteiger partial charge is 0.802 e. The minimum absolute atomic E-state index is 0. The van der Waals surface area contributed by atoms with E-state index in [2.05, 4.69) is 9.78 Å². The van der Waals surface area contributed by atoms with E-state index in [0.29, 0.717) is 0 Å². The molecular formula is C2H3FeNaO3. The number of rotatable bonds is 0. The third-order valence-electron chi connectivity index (χ3n) is 0.318. The summed E-state index contributed by atoms with van der Waals surface area (Å²) >= 11 is 0. The molecular weight excluding hydrogens is 151 g/mol. The van der Waals surface area contributed by atoms with Crippen molar-refractivity contribution in [1.82, 2.24) is 0 Å². The summed E-state index contributed by atoms with van der Waals surface area (Å²) in [5, 5.41) is 9.77. The van der Waals surface area contributed by atoms with Gasteiger partial charge in [-0.25, -0.2) is 9.78 Å². The summed E-state index contributed by atoms with van der Waals surface area (Å²) in [5.74, 6) is -1.50. The van der Waals surface area contributed by atoms with Crippen LogP contribution in [0, 0.1) is 0 Å². The molecule has 1 saturated heterocycles. The van der Waals surface area contributed by atoms with Gasteiger partial charge in [0.05, 0.1) is 0 Å². The largest absolute Gasteiger partial charge is 1.00 e. The average molecular weight is 154 g/mol. The molecule has 1 rings (SSSR count). The van der Waals surface area contributed by atoms with Crippen LogP contribution in [0.5, 0.6) is 0 Å². The normalized spacial score (nSPS) is 21.4. The van der Waals surface area contributed by atoms with E-state index in [1.165, 1.54) is 6.92 Å². The maximum absolute atomic E-state index is 9.77. The molecule has 1 heterocycles. The summed E-state index contributed by atoms with van der Waals surface area (Å²) in [5.41, 5.74) is 0. The van der Waals surface area contributed by atoms with Gasteiger partial charge in [-0.15, -0.1) is 0 Å². The first-order valence-corrected chi connectivity index (χ1v) is 1.28. The Morgan fingerprint density at radius 2 is 1.57 bits per heavy atom. The summed E-state index contributed by atoms with van der Waals surface area (Å²) in [7, 11) is 0. The van der Waals surface area contributed by atoms with Crippen LogP contribution in [0.3, 0.4) is 0 Å². The van der Waals surface area contributed by atoms with Gasteiger partial charge >= 0.3 is 29.6 Å². The van der Waals surface area contributed by atoms with Gasteiger partial charge < -0.3 is 5.11 Å². The minimum atomic E-state index is -1.50. The van der Waals surface area contributed by atoms with Crippen molar-refractivity contribution in [2.75, 3.05) is 0 Å². The van der Waals surface area contributed by atoms with E-state index in [-0.39, 0.29) is 46.6 Å². The third kappa shape index (κ3) is 5.27. The molecule has 0 aromatic rings. The van der Waals surface area contributed by atoms with E-state index in [9.17, 15) is 5.11 Å². The van der Waals surface area contributed by atoms with Crippen LogP contribution >= 0.6 is 0 Å². The van der Waals surface area contributed by atoms with Crippen molar-refractivity contribution < 1.29 is 61.5 Å². The summed E-state index contributed by atoms with van der Waals surface area (Å²) in [6.45, 7) is 1.30. The van der Waals surface area contributed by atoms with Crippen LogP contribution in [0.1, 0.15) is 6.92 Å². The Bertz CT molecular complexity index is 50.9. The Balaban J connectivity index is 0. The molecule has 0 spiro atoms. The Morgan fingerprint density at radius 1 is 1.43 bits per heavy atom. The zero-order valence-corrected chi connectivity index (χ0v) is 7.18. The van der Waals surface area contributed by atoms with E-state index in [1.54, 1.807) is 0 Å². The van der Waals surface area contributed by atoms with Crippen LogP contribution in [0.2, 0.25) is 0 Å². The van der Waals surface area contributed by atoms with Crippen molar-refractivity contribution >= 4 is 0 Å². The predicted molar refractivity (Wildman–Crippen MR) is 10.6 cm³/mol. The molecule has 3 nitrogen and oxygen atoms in total. The summed E-state index contributed by atoms with van der Waals surface area (Å²) in [6, 6.07) is 0. The standard InChI is InChI=1S/C2H3O3.Fe.Na/c1-2(3)4-5-2;;/h1H3;;/q-1;;+1. The minimum Gasteiger partial charge on any atom is -0.802 e. The molecule has 1 fully saturated rings. The first-order chi connectivity index (χ1) is 2.21. The Kier molecular flexibility index (Phi) is 5.50. The summed E-state index contributed by atoms with van der Waals surface area (Å²) in [6.07, 6.45) is 0. The van der Waals surface area contributed by atoms with Gasteiger partial charge in [-0.05, 0) is 6.92 Å². The summed E-state index contributed by atoms with van der Waals surface area (Å²) in [4.78, 5) is 7.68. The predicted octanol–water partition coefficient (Wildman–Crippen LogP) is -4.02. The zero-order valence-electron chi connectivity index (χ0n) is 4.08. The molecule has 38 valence electrons. The van der Waals surface area contributed by atoms with Crippen LogP contribution in [0.4, 0.5) is 0 Å². The van der Waals surface area contributed by atoms with Crippen molar-refractivity contribution in [3.05, 3.63) is 0 Å². The average Bonchev–Trinajstić information content (AvgIpc) is 1.76. The van der Waals surface area contributed by atoms with Crippen molar-refractivity contribution in [3.8, 4) is 0 Å². The monoisotopic (exact) mass is 154 g/mol. The number of hydrogen-bond acceptors (Lipinski definition) is 3. The second-order valence-electron chi connectivity index (χ2n) is 1.03. The van der Waals surface area contributed by atoms with Gasteiger partial charge in [0.1, 0.15) is 0 Å². The molecule has 0 aliphatic carbocycles. The maximum Gasteiger partial charge on any atom is 1.00 e. The van der Waals surface area contributed by atoms with E-state index < -0.39 is 5.97 Å². The van der Waals surface area contributed by atoms with Crippen molar-refractivity contribution in [3.63, 3.8) is 0 Å². The van der Waals surface area contributed by atoms with E-state index in [1.807, 2.05) is 0 Å². The van der Waals surface area contributed by atoms with E-state index in [4.69, 9.17) is 0 Å². The Labute approximate surface area is 74.1 Å². The van der Waals surface area contributed by atoms with E-state index >= 15 is 0 Å². The summed E-state index contributed by atoms with van der Waals surface area (Å²) < 4.78 is 0. The van der Waals surface area contributed by atoms with Crippen LogP contribution in [0.25, 0.3) is 0 Å². The molecule has 0 unspecified atom stereocenters. The van der Waals surface area contributed by atoms with Gasteiger partial charge in [0.2, 0.25) is 0 Å². The van der Waals surface area contributed by atoms with Gasteiger partial charge in [0, 0.05) is 17.1 Å². The van der Waals surface area contributed by atoms with Gasteiger partial charge in [0.15, 0.2) is 5.97 Å². The second kappa shape index (κ2) is 3.43. The molecule has 0 radical (unpaired) electrons. The molecule has 0 bridgehead atoms. The molecule has 0 N–H and O–H groups in total. The quantitative estimate of drug-likeness (QED) is 0.203. The molecule has 0 atom stereocenters. The Morgan fingerprint density at radius 3 is 1.57 bits per heavy atom. The molecule has 0 aromatic carbocycles. The van der Waals surface area contributed by atoms with Crippen LogP contribution in [-0.2, 0) is 26.8 Å². The molecule has 0 saturated carbocycles. The second-order valence-corrected chi connectivity index (χ2v) is 1.03. The van der Waals surface area contributed by atoms with Gasteiger partial charge in [0.25, 0.3) is 0 Å². The first-order valence-electron chi connectivity index (χ1n) is 1.28. The molecule has 7 heavy (non-hydrogen) atoms. The van der Waals surface area contributed by atoms with Crippen LogP contribution in [0.15, 0.2) is 0 Å². The first kappa shape index (κ1) is 11.2. The van der Waals surface area contributed by atoms with Crippen LogP contribution in [-0.4, -0.2) is 5.97 Å². The molecule has 1 aliphatic heterocycles. The molecule has 0 aromatic heterocycles. The molecule has 5 heteroatoms. The topological polar surface area (TPSA) is 48.1 Å². The van der Waals surface area contributed by atoms with Gasteiger partial charge in [-0.3, -0.25) is 0 Å². The van der Waals surface area contributed by atoms with Crippen molar-refractivity contribution in [2.24, 2.45) is 0 Å². The molecule has 0 amide bonds. The van der Waals surface area contributed by atoms with Crippen molar-refractivity contribution in [1.29, 1.82) is 0 Å². The van der Waals surface area contributed by atoms with E-state index in [0.717, 1.165) is 0 Å². The Hall–Kier alpha value is 1.40. The van der Waals surface area contributed by atoms with Crippen molar-refractivity contribution in [2.45, 2.75) is 12.9 Å². The fraction of sp³-hybridized carbons (Fsp3) is 1.00.